The van der Waals surface area contributed by atoms with E-state index in [4.69, 9.17) is 0 Å². The third kappa shape index (κ3) is 2.80. The lowest BCUT2D eigenvalue weighted by atomic mass is 10.2. The predicted molar refractivity (Wildman–Crippen MR) is 113 cm³/mol. The van der Waals surface area contributed by atoms with Crippen molar-refractivity contribution in [3.8, 4) is 6.07 Å². The zero-order valence-electron chi connectivity index (χ0n) is 15.3. The lowest BCUT2D eigenvalue weighted by Gasteiger charge is -2.20. The van der Waals surface area contributed by atoms with E-state index in [1.54, 1.807) is 0 Å². The summed E-state index contributed by atoms with van der Waals surface area (Å²) in [6.07, 6.45) is 1.38. The van der Waals surface area contributed by atoms with Crippen LogP contribution in [-0.2, 0) is 0 Å². The molecule has 7 nitrogen and oxygen atoms in total. The summed E-state index contributed by atoms with van der Waals surface area (Å²) in [5, 5.41) is 10.6. The quantitative estimate of drug-likeness (QED) is 0.493. The van der Waals surface area contributed by atoms with Crippen LogP contribution in [0.4, 0.5) is 11.5 Å². The van der Waals surface area contributed by atoms with Crippen molar-refractivity contribution < 1.29 is 0 Å². The van der Waals surface area contributed by atoms with Gasteiger partial charge in [0.05, 0.1) is 17.4 Å². The number of nitrogens with one attached hydrogen (secondary N) is 2. The fourth-order valence-corrected chi connectivity index (χ4v) is 4.42. The maximum absolute atomic E-state index is 12.4. The number of thioether (sulfide) groups is 1. The second kappa shape index (κ2) is 6.65. The topological polar surface area (TPSA) is 101 Å². The first-order valence-corrected chi connectivity index (χ1v) is 9.69. The molecule has 0 amide bonds. The molecule has 4 aromatic rings. The van der Waals surface area contributed by atoms with Crippen LogP contribution in [-0.4, -0.2) is 19.9 Å². The van der Waals surface area contributed by atoms with Gasteiger partial charge in [0.15, 0.2) is 11.6 Å². The predicted octanol–water partition coefficient (Wildman–Crippen LogP) is 4.09. The van der Waals surface area contributed by atoms with E-state index in [0.717, 1.165) is 22.3 Å². The van der Waals surface area contributed by atoms with Gasteiger partial charge in [0.25, 0.3) is 5.56 Å². The van der Waals surface area contributed by atoms with Gasteiger partial charge < -0.3 is 9.97 Å². The van der Waals surface area contributed by atoms with Gasteiger partial charge in [-0.25, -0.2) is 9.97 Å². The highest BCUT2D eigenvalue weighted by atomic mass is 32.2. The van der Waals surface area contributed by atoms with Crippen molar-refractivity contribution >= 4 is 39.9 Å². The Labute approximate surface area is 169 Å². The highest BCUT2D eigenvalue weighted by Crippen LogP contribution is 2.49. The number of rotatable bonds is 2. The number of aromatic amines is 2. The van der Waals surface area contributed by atoms with Crippen molar-refractivity contribution in [2.75, 3.05) is 4.90 Å². The maximum Gasteiger partial charge on any atom is 0.267 e. The molecule has 3 heterocycles. The molecule has 8 heteroatoms. The molecule has 0 fully saturated rings. The van der Waals surface area contributed by atoms with E-state index >= 15 is 0 Å². The first-order chi connectivity index (χ1) is 14.2. The van der Waals surface area contributed by atoms with Crippen molar-refractivity contribution in [1.29, 1.82) is 5.26 Å². The average Bonchev–Trinajstić information content (AvgIpc) is 3.31. The van der Waals surface area contributed by atoms with Gasteiger partial charge in [0.2, 0.25) is 0 Å². The fraction of sp³-hybridized carbons (Fsp3) is 0.0476. The molecule has 0 saturated carbocycles. The van der Waals surface area contributed by atoms with Crippen LogP contribution >= 0.6 is 11.8 Å². The first kappa shape index (κ1) is 17.3. The number of para-hydroxylation sites is 2. The van der Waals surface area contributed by atoms with Crippen LogP contribution in [0.25, 0.3) is 16.6 Å². The number of nitriles is 1. The standard InChI is InChI=1S/C21H14N6OS/c1-12-5-4-6-13(9-12)27-19-17(20(28)24-11-23-19)29-21(27)14(10-22)18-25-15-7-2-3-8-16(15)26-18/h2-9,11H,1H3,(H,25,26)(H,23,24,28)/b21-14+. The molecule has 140 valence electrons. The number of hydrogen-bond donors (Lipinski definition) is 2. The Morgan fingerprint density at radius 3 is 2.86 bits per heavy atom. The monoisotopic (exact) mass is 398 g/mol. The largest absolute Gasteiger partial charge is 0.337 e. The summed E-state index contributed by atoms with van der Waals surface area (Å²) in [5.74, 6) is 0.960. The Kier molecular flexibility index (Phi) is 3.96. The molecule has 0 radical (unpaired) electrons. The van der Waals surface area contributed by atoms with Gasteiger partial charge >= 0.3 is 0 Å². The summed E-state index contributed by atoms with van der Waals surface area (Å²) in [6, 6.07) is 17.7. The minimum absolute atomic E-state index is 0.241. The third-order valence-corrected chi connectivity index (χ3v) is 5.77. The molecule has 0 unspecified atom stereocenters. The Morgan fingerprint density at radius 1 is 1.21 bits per heavy atom. The number of H-pyrrole nitrogens is 2. The molecule has 0 aliphatic carbocycles. The van der Waals surface area contributed by atoms with Gasteiger partial charge in [-0.2, -0.15) is 5.26 Å². The van der Waals surface area contributed by atoms with Crippen LogP contribution in [0.2, 0.25) is 0 Å². The number of hydrogen-bond acceptors (Lipinski definition) is 6. The Hall–Kier alpha value is -3.83. The van der Waals surface area contributed by atoms with Gasteiger partial charge in [-0.3, -0.25) is 9.69 Å². The normalized spacial score (nSPS) is 14.7. The van der Waals surface area contributed by atoms with Crippen LogP contribution in [0.1, 0.15) is 11.4 Å². The number of allylic oxidation sites excluding steroid dienone is 1. The van der Waals surface area contributed by atoms with E-state index in [2.05, 4.69) is 26.0 Å². The van der Waals surface area contributed by atoms with Crippen LogP contribution < -0.4 is 10.5 Å². The SMILES string of the molecule is Cc1cccc(N2/C(=C(/C#N)c3nc4ccccc4[nH]3)Sc3c2nc[nH]c3=O)c1. The van der Waals surface area contributed by atoms with Gasteiger partial charge in [-0.1, -0.05) is 36.0 Å². The molecular formula is C21H14N6OS. The molecule has 2 aromatic heterocycles. The van der Waals surface area contributed by atoms with E-state index in [1.807, 2.05) is 60.4 Å². The zero-order valence-corrected chi connectivity index (χ0v) is 16.1. The van der Waals surface area contributed by atoms with E-state index in [0.29, 0.717) is 27.1 Å². The zero-order chi connectivity index (χ0) is 20.0. The van der Waals surface area contributed by atoms with Crippen molar-refractivity contribution in [3.05, 3.63) is 81.6 Å². The highest BCUT2D eigenvalue weighted by Gasteiger charge is 2.34. The number of imidazole rings is 1. The number of benzene rings is 2. The summed E-state index contributed by atoms with van der Waals surface area (Å²) < 4.78 is 0. The van der Waals surface area contributed by atoms with Gasteiger partial charge in [-0.05, 0) is 36.8 Å². The third-order valence-electron chi connectivity index (χ3n) is 4.62. The van der Waals surface area contributed by atoms with Gasteiger partial charge in [0, 0.05) is 5.69 Å². The number of anilines is 2. The summed E-state index contributed by atoms with van der Waals surface area (Å²) in [7, 11) is 0. The van der Waals surface area contributed by atoms with Gasteiger partial charge in [0.1, 0.15) is 21.6 Å². The molecule has 0 bridgehead atoms. The van der Waals surface area contributed by atoms with Crippen molar-refractivity contribution in [2.45, 2.75) is 11.8 Å². The summed E-state index contributed by atoms with van der Waals surface area (Å²) in [4.78, 5) is 29.5. The summed E-state index contributed by atoms with van der Waals surface area (Å²) in [5.41, 5.74) is 3.61. The molecule has 1 aliphatic heterocycles. The van der Waals surface area contributed by atoms with Crippen molar-refractivity contribution in [2.24, 2.45) is 0 Å². The Morgan fingerprint density at radius 2 is 2.07 bits per heavy atom. The molecule has 2 aromatic carbocycles. The van der Waals surface area contributed by atoms with E-state index in [9.17, 15) is 10.1 Å². The van der Waals surface area contributed by atoms with E-state index in [-0.39, 0.29) is 5.56 Å². The fourth-order valence-electron chi connectivity index (χ4n) is 3.31. The van der Waals surface area contributed by atoms with Crippen molar-refractivity contribution in [3.63, 3.8) is 0 Å². The molecular weight excluding hydrogens is 384 g/mol. The first-order valence-electron chi connectivity index (χ1n) is 8.87. The van der Waals surface area contributed by atoms with Crippen LogP contribution in [0, 0.1) is 18.3 Å². The summed E-state index contributed by atoms with van der Waals surface area (Å²) in [6.45, 7) is 1.99. The number of nitrogens with zero attached hydrogens (tertiary/aromatic N) is 4. The maximum atomic E-state index is 12.4. The molecule has 29 heavy (non-hydrogen) atoms. The molecule has 2 N–H and O–H groups in total. The molecule has 0 saturated heterocycles. The van der Waals surface area contributed by atoms with Crippen LogP contribution in [0.3, 0.4) is 0 Å². The van der Waals surface area contributed by atoms with Gasteiger partial charge in [-0.15, -0.1) is 0 Å². The molecule has 1 aliphatic rings. The highest BCUT2D eigenvalue weighted by molar-refractivity contribution is 8.04. The average molecular weight is 398 g/mol. The number of fused-ring (bicyclic) bond motifs is 2. The molecule has 0 spiro atoms. The van der Waals surface area contributed by atoms with Crippen molar-refractivity contribution in [1.82, 2.24) is 19.9 Å². The minimum Gasteiger partial charge on any atom is -0.337 e. The number of aryl methyl sites for hydroxylation is 1. The number of aromatic nitrogens is 4. The Bertz CT molecular complexity index is 1360. The molecule has 0 atom stereocenters. The molecule has 5 rings (SSSR count). The van der Waals surface area contributed by atoms with Crippen LogP contribution in [0.15, 0.2) is 69.6 Å². The second-order valence-electron chi connectivity index (χ2n) is 6.56. The van der Waals surface area contributed by atoms with E-state index < -0.39 is 0 Å². The lowest BCUT2D eigenvalue weighted by molar-refractivity contribution is 1.02. The lowest BCUT2D eigenvalue weighted by Crippen LogP contribution is -2.15. The minimum atomic E-state index is -0.241. The second-order valence-corrected chi connectivity index (χ2v) is 7.55. The van der Waals surface area contributed by atoms with Crippen LogP contribution in [0.5, 0.6) is 0 Å². The summed E-state index contributed by atoms with van der Waals surface area (Å²) >= 11 is 1.23. The Balaban J connectivity index is 1.78. The van der Waals surface area contributed by atoms with E-state index in [1.165, 1.54) is 18.1 Å². The smallest absolute Gasteiger partial charge is 0.267 e.